The zero-order chi connectivity index (χ0) is 7.90. The Morgan fingerprint density at radius 2 is 2.45 bits per heavy atom. The van der Waals surface area contributed by atoms with Crippen LogP contribution in [0.4, 0.5) is 4.39 Å². The predicted octanol–water partition coefficient (Wildman–Crippen LogP) is 2.00. The lowest BCUT2D eigenvalue weighted by atomic mass is 9.97. The van der Waals surface area contributed by atoms with Crippen LogP contribution in [0.5, 0.6) is 0 Å². The molecule has 64 valence electrons. The highest BCUT2D eigenvalue weighted by molar-refractivity contribution is 14.1. The van der Waals surface area contributed by atoms with Crippen molar-refractivity contribution in [2.75, 3.05) is 17.5 Å². The van der Waals surface area contributed by atoms with Crippen LogP contribution < -0.4 is 0 Å². The fraction of sp³-hybridized carbons (Fsp3) is 1.00. The van der Waals surface area contributed by atoms with E-state index < -0.39 is 6.17 Å². The van der Waals surface area contributed by atoms with Crippen LogP contribution in [0.3, 0.4) is 0 Å². The van der Waals surface area contributed by atoms with E-state index in [9.17, 15) is 4.39 Å². The minimum absolute atomic E-state index is 0.264. The van der Waals surface area contributed by atoms with Gasteiger partial charge in [-0.15, -0.1) is 0 Å². The molecule has 2 unspecified atom stereocenters. The molecule has 0 radical (unpaired) electrons. The lowest BCUT2D eigenvalue weighted by Crippen LogP contribution is -2.39. The van der Waals surface area contributed by atoms with Gasteiger partial charge in [-0.1, -0.05) is 22.6 Å². The Bertz CT molecular complexity index is 164. The molecule has 2 heterocycles. The van der Waals surface area contributed by atoms with E-state index in [0.29, 0.717) is 6.54 Å². The standard InChI is InChI=1S/C8H13FIN/c9-7-4-8(6-10)2-1-3-11(8)5-7/h7H,1-6H2. The summed E-state index contributed by atoms with van der Waals surface area (Å²) in [7, 11) is 0. The first-order valence-corrected chi connectivity index (χ1v) is 5.74. The number of hydrogen-bond acceptors (Lipinski definition) is 1. The summed E-state index contributed by atoms with van der Waals surface area (Å²) in [5.41, 5.74) is 0.264. The zero-order valence-corrected chi connectivity index (χ0v) is 8.68. The first-order chi connectivity index (χ1) is 5.27. The summed E-state index contributed by atoms with van der Waals surface area (Å²) >= 11 is 2.40. The quantitative estimate of drug-likeness (QED) is 0.520. The summed E-state index contributed by atoms with van der Waals surface area (Å²) < 4.78 is 14.1. The molecule has 0 bridgehead atoms. The molecule has 2 aliphatic heterocycles. The number of halogens is 2. The number of rotatable bonds is 1. The normalized spacial score (nSPS) is 44.7. The molecule has 0 amide bonds. The second kappa shape index (κ2) is 2.83. The van der Waals surface area contributed by atoms with Gasteiger partial charge in [-0.3, -0.25) is 4.90 Å². The lowest BCUT2D eigenvalue weighted by molar-refractivity contribution is 0.225. The van der Waals surface area contributed by atoms with E-state index in [0.717, 1.165) is 17.4 Å². The maximum atomic E-state index is 13.0. The highest BCUT2D eigenvalue weighted by Gasteiger charge is 2.47. The third kappa shape index (κ3) is 1.20. The van der Waals surface area contributed by atoms with Crippen molar-refractivity contribution in [2.45, 2.75) is 31.0 Å². The van der Waals surface area contributed by atoms with Gasteiger partial charge in [0.2, 0.25) is 0 Å². The Labute approximate surface area is 80.5 Å². The second-order valence-corrected chi connectivity index (χ2v) is 4.47. The van der Waals surface area contributed by atoms with Crippen molar-refractivity contribution in [3.8, 4) is 0 Å². The molecule has 3 heteroatoms. The molecular weight excluding hydrogens is 256 g/mol. The Balaban J connectivity index is 2.15. The summed E-state index contributed by atoms with van der Waals surface area (Å²) in [4.78, 5) is 2.35. The van der Waals surface area contributed by atoms with E-state index >= 15 is 0 Å². The van der Waals surface area contributed by atoms with E-state index in [1.54, 1.807) is 0 Å². The van der Waals surface area contributed by atoms with Gasteiger partial charge >= 0.3 is 0 Å². The van der Waals surface area contributed by atoms with Gasteiger partial charge in [0.15, 0.2) is 0 Å². The van der Waals surface area contributed by atoms with Gasteiger partial charge in [0.05, 0.1) is 0 Å². The summed E-state index contributed by atoms with van der Waals surface area (Å²) in [5.74, 6) is 0. The third-order valence-electron chi connectivity index (χ3n) is 3.01. The van der Waals surface area contributed by atoms with Crippen molar-refractivity contribution in [2.24, 2.45) is 0 Å². The number of fused-ring (bicyclic) bond motifs is 1. The fourth-order valence-electron chi connectivity index (χ4n) is 2.43. The third-order valence-corrected chi connectivity index (χ3v) is 4.43. The van der Waals surface area contributed by atoms with Crippen LogP contribution in [-0.4, -0.2) is 34.1 Å². The van der Waals surface area contributed by atoms with E-state index in [1.165, 1.54) is 12.8 Å². The molecule has 2 saturated heterocycles. The molecule has 0 aromatic heterocycles. The molecule has 2 fully saturated rings. The summed E-state index contributed by atoms with van der Waals surface area (Å²) in [5, 5.41) is 0. The maximum Gasteiger partial charge on any atom is 0.115 e. The van der Waals surface area contributed by atoms with Gasteiger partial charge in [-0.25, -0.2) is 4.39 Å². The molecule has 0 N–H and O–H groups in total. The monoisotopic (exact) mass is 269 g/mol. The largest absolute Gasteiger partial charge is 0.294 e. The van der Waals surface area contributed by atoms with Crippen molar-refractivity contribution in [1.29, 1.82) is 0 Å². The van der Waals surface area contributed by atoms with Crippen LogP contribution >= 0.6 is 22.6 Å². The van der Waals surface area contributed by atoms with Crippen LogP contribution in [0.1, 0.15) is 19.3 Å². The molecule has 11 heavy (non-hydrogen) atoms. The van der Waals surface area contributed by atoms with Crippen LogP contribution in [0.25, 0.3) is 0 Å². The second-order valence-electron chi connectivity index (χ2n) is 3.71. The number of alkyl halides is 2. The van der Waals surface area contributed by atoms with E-state index in [2.05, 4.69) is 27.5 Å². The molecule has 0 aliphatic carbocycles. The summed E-state index contributed by atoms with van der Waals surface area (Å²) in [6.07, 6.45) is 2.73. The van der Waals surface area contributed by atoms with Crippen molar-refractivity contribution in [3.05, 3.63) is 0 Å². The molecule has 0 aromatic rings. The van der Waals surface area contributed by atoms with E-state index in [-0.39, 0.29) is 5.54 Å². The Kier molecular flexibility index (Phi) is 2.12. The van der Waals surface area contributed by atoms with Crippen LogP contribution in [0, 0.1) is 0 Å². The molecule has 0 spiro atoms. The molecule has 2 aliphatic rings. The highest BCUT2D eigenvalue weighted by Crippen LogP contribution is 2.41. The van der Waals surface area contributed by atoms with Crippen molar-refractivity contribution >= 4 is 22.6 Å². The zero-order valence-electron chi connectivity index (χ0n) is 6.52. The van der Waals surface area contributed by atoms with E-state index in [1.807, 2.05) is 0 Å². The number of hydrogen-bond donors (Lipinski definition) is 0. The predicted molar refractivity (Wildman–Crippen MR) is 51.9 cm³/mol. The van der Waals surface area contributed by atoms with Gasteiger partial charge in [0.1, 0.15) is 6.17 Å². The van der Waals surface area contributed by atoms with Crippen molar-refractivity contribution in [1.82, 2.24) is 4.90 Å². The minimum atomic E-state index is -0.551. The average Bonchev–Trinajstić information content (AvgIpc) is 2.43. The first kappa shape index (κ1) is 8.23. The van der Waals surface area contributed by atoms with Crippen molar-refractivity contribution in [3.63, 3.8) is 0 Å². The first-order valence-electron chi connectivity index (χ1n) is 4.22. The Morgan fingerprint density at radius 3 is 3.09 bits per heavy atom. The lowest BCUT2D eigenvalue weighted by Gasteiger charge is -2.28. The summed E-state index contributed by atoms with van der Waals surface area (Å²) in [6.45, 7) is 1.83. The molecule has 1 nitrogen and oxygen atoms in total. The SMILES string of the molecule is FC1CN2CCCC2(CI)C1. The fourth-order valence-corrected chi connectivity index (χ4v) is 3.61. The topological polar surface area (TPSA) is 3.24 Å². The smallest absolute Gasteiger partial charge is 0.115 e. The van der Waals surface area contributed by atoms with Gasteiger partial charge in [-0.2, -0.15) is 0 Å². The van der Waals surface area contributed by atoms with Crippen LogP contribution in [0.2, 0.25) is 0 Å². The van der Waals surface area contributed by atoms with Crippen molar-refractivity contribution < 1.29 is 4.39 Å². The minimum Gasteiger partial charge on any atom is -0.294 e. The molecule has 2 rings (SSSR count). The van der Waals surface area contributed by atoms with Gasteiger partial charge < -0.3 is 0 Å². The average molecular weight is 269 g/mol. The van der Waals surface area contributed by atoms with Gasteiger partial charge in [0.25, 0.3) is 0 Å². The molecule has 2 atom stereocenters. The van der Waals surface area contributed by atoms with Gasteiger partial charge in [-0.05, 0) is 25.8 Å². The Morgan fingerprint density at radius 1 is 1.64 bits per heavy atom. The van der Waals surface area contributed by atoms with E-state index in [4.69, 9.17) is 0 Å². The van der Waals surface area contributed by atoms with Gasteiger partial charge in [0, 0.05) is 16.5 Å². The molecule has 0 saturated carbocycles. The summed E-state index contributed by atoms with van der Waals surface area (Å²) in [6, 6.07) is 0. The molecular formula is C8H13FIN. The maximum absolute atomic E-state index is 13.0. The van der Waals surface area contributed by atoms with Crippen LogP contribution in [0.15, 0.2) is 0 Å². The number of nitrogens with zero attached hydrogens (tertiary/aromatic N) is 1. The highest BCUT2D eigenvalue weighted by atomic mass is 127. The van der Waals surface area contributed by atoms with Crippen LogP contribution in [-0.2, 0) is 0 Å². The Hall–Kier alpha value is 0.620. The molecule has 0 aromatic carbocycles.